The lowest BCUT2D eigenvalue weighted by atomic mass is 9.39. The van der Waals surface area contributed by atoms with Gasteiger partial charge in [-0.05, 0) is 88.4 Å². The maximum Gasteiger partial charge on any atom is 0.333 e. The monoisotopic (exact) mass is 414 g/mol. The van der Waals surface area contributed by atoms with E-state index in [2.05, 4.69) is 20.8 Å². The molecule has 4 nitrogen and oxygen atoms in total. The Morgan fingerprint density at radius 1 is 1.03 bits per heavy atom. The van der Waals surface area contributed by atoms with Crippen molar-refractivity contribution in [2.75, 3.05) is 7.11 Å². The summed E-state index contributed by atoms with van der Waals surface area (Å²) in [5, 5.41) is 0. The Morgan fingerprint density at radius 2 is 1.77 bits per heavy atom. The lowest BCUT2D eigenvalue weighted by molar-refractivity contribution is -0.218. The summed E-state index contributed by atoms with van der Waals surface area (Å²) in [4.78, 5) is 25.7. The molecular weight excluding hydrogens is 376 g/mol. The van der Waals surface area contributed by atoms with Crippen LogP contribution in [0, 0.1) is 45.3 Å². The van der Waals surface area contributed by atoms with E-state index < -0.39 is 0 Å². The standard InChI is InChI=1S/C26H38O4/c1-7-15(2)20(27)30-21-25(5)16-13-19-23(3)10-8-11-24(4,22(28)29-6)18(23)9-12-26(19,21)14-17(16)25/h7,16-19,21H,8-14H2,1-6H3/b15-7-/t16-,17+,18+,19+,21+,23-,24-,25-,26-/m1/s1. The molecule has 6 saturated carbocycles. The van der Waals surface area contributed by atoms with Crippen LogP contribution in [0.5, 0.6) is 0 Å². The zero-order valence-corrected chi connectivity index (χ0v) is 19.5. The number of carbonyl (C=O) groups is 2. The number of methoxy groups -OCH3 is 1. The van der Waals surface area contributed by atoms with E-state index in [1.807, 2.05) is 19.9 Å². The molecule has 166 valence electrons. The smallest absolute Gasteiger partial charge is 0.333 e. The third kappa shape index (κ3) is 2.19. The molecule has 0 aromatic rings. The molecular formula is C26H38O4. The molecule has 0 saturated heterocycles. The van der Waals surface area contributed by atoms with Gasteiger partial charge in [0, 0.05) is 16.4 Å². The Labute approximate surface area is 181 Å². The maximum atomic E-state index is 12.9. The molecule has 0 aromatic carbocycles. The van der Waals surface area contributed by atoms with E-state index in [-0.39, 0.29) is 39.7 Å². The first-order valence-corrected chi connectivity index (χ1v) is 12.0. The summed E-state index contributed by atoms with van der Waals surface area (Å²) >= 11 is 0. The van der Waals surface area contributed by atoms with Gasteiger partial charge in [-0.15, -0.1) is 0 Å². The topological polar surface area (TPSA) is 52.6 Å². The minimum Gasteiger partial charge on any atom is -0.469 e. The zero-order valence-electron chi connectivity index (χ0n) is 19.5. The van der Waals surface area contributed by atoms with Gasteiger partial charge in [0.1, 0.15) is 6.10 Å². The summed E-state index contributed by atoms with van der Waals surface area (Å²) in [5.74, 6) is 2.12. The fourth-order valence-corrected chi connectivity index (χ4v) is 9.61. The molecule has 0 radical (unpaired) electrons. The molecule has 6 rings (SSSR count). The Hall–Kier alpha value is -1.32. The van der Waals surface area contributed by atoms with Crippen molar-refractivity contribution in [1.82, 2.24) is 0 Å². The summed E-state index contributed by atoms with van der Waals surface area (Å²) in [6.45, 7) is 10.8. The molecule has 9 atom stereocenters. The Balaban J connectivity index is 1.53. The van der Waals surface area contributed by atoms with Crippen molar-refractivity contribution < 1.29 is 19.1 Å². The number of carbonyl (C=O) groups excluding carboxylic acids is 2. The summed E-state index contributed by atoms with van der Waals surface area (Å²) in [7, 11) is 1.54. The van der Waals surface area contributed by atoms with Crippen LogP contribution in [0.25, 0.3) is 0 Å². The van der Waals surface area contributed by atoms with Gasteiger partial charge in [-0.2, -0.15) is 0 Å². The molecule has 0 N–H and O–H groups in total. The molecule has 0 amide bonds. The quantitative estimate of drug-likeness (QED) is 0.464. The van der Waals surface area contributed by atoms with Crippen LogP contribution in [0.2, 0.25) is 0 Å². The van der Waals surface area contributed by atoms with Gasteiger partial charge >= 0.3 is 11.9 Å². The minimum atomic E-state index is -0.384. The van der Waals surface area contributed by atoms with Crippen molar-refractivity contribution in [3.63, 3.8) is 0 Å². The second-order valence-corrected chi connectivity index (χ2v) is 11.9. The summed E-state index contributed by atoms with van der Waals surface area (Å²) < 4.78 is 11.7. The number of hydrogen-bond acceptors (Lipinski definition) is 4. The van der Waals surface area contributed by atoms with Gasteiger partial charge in [0.15, 0.2) is 0 Å². The third-order valence-electron chi connectivity index (χ3n) is 11.1. The molecule has 6 aliphatic carbocycles. The normalized spacial score (nSPS) is 53.4. The van der Waals surface area contributed by atoms with Crippen LogP contribution in [0.1, 0.15) is 79.6 Å². The average molecular weight is 415 g/mol. The van der Waals surface area contributed by atoms with Crippen LogP contribution in [-0.2, 0) is 19.1 Å². The van der Waals surface area contributed by atoms with Gasteiger partial charge in [-0.1, -0.05) is 26.3 Å². The number of esters is 2. The van der Waals surface area contributed by atoms with E-state index in [0.29, 0.717) is 29.2 Å². The van der Waals surface area contributed by atoms with Crippen molar-refractivity contribution >= 4 is 11.9 Å². The second-order valence-electron chi connectivity index (χ2n) is 11.9. The van der Waals surface area contributed by atoms with Crippen molar-refractivity contribution in [2.45, 2.75) is 85.7 Å². The van der Waals surface area contributed by atoms with Gasteiger partial charge < -0.3 is 9.47 Å². The van der Waals surface area contributed by atoms with Gasteiger partial charge in [-0.3, -0.25) is 4.79 Å². The Morgan fingerprint density at radius 3 is 2.43 bits per heavy atom. The third-order valence-corrected chi connectivity index (χ3v) is 11.1. The first kappa shape index (κ1) is 20.6. The highest BCUT2D eigenvalue weighted by atomic mass is 16.5. The highest BCUT2D eigenvalue weighted by Crippen LogP contribution is 2.86. The van der Waals surface area contributed by atoms with Crippen LogP contribution in [0.3, 0.4) is 0 Å². The van der Waals surface area contributed by atoms with Crippen LogP contribution in [-0.4, -0.2) is 25.2 Å². The lowest BCUT2D eigenvalue weighted by Crippen LogP contribution is -2.63. The number of ether oxygens (including phenoxy) is 2. The molecule has 6 aliphatic rings. The summed E-state index contributed by atoms with van der Waals surface area (Å²) in [5.41, 5.74) is 0.711. The van der Waals surface area contributed by atoms with E-state index in [0.717, 1.165) is 25.7 Å². The molecule has 0 aliphatic heterocycles. The molecule has 0 heterocycles. The van der Waals surface area contributed by atoms with E-state index >= 15 is 0 Å². The molecule has 0 aromatic heterocycles. The van der Waals surface area contributed by atoms with Crippen LogP contribution < -0.4 is 0 Å². The van der Waals surface area contributed by atoms with Gasteiger partial charge in [0.2, 0.25) is 0 Å². The molecule has 0 unspecified atom stereocenters. The number of allylic oxidation sites excluding steroid dienone is 1. The molecule has 4 bridgehead atoms. The molecule has 30 heavy (non-hydrogen) atoms. The van der Waals surface area contributed by atoms with Crippen molar-refractivity contribution in [2.24, 2.45) is 45.3 Å². The van der Waals surface area contributed by atoms with Gasteiger partial charge in [0.05, 0.1) is 12.5 Å². The van der Waals surface area contributed by atoms with Crippen LogP contribution in [0.15, 0.2) is 11.6 Å². The summed E-state index contributed by atoms with van der Waals surface area (Å²) in [6.07, 6.45) is 9.67. The van der Waals surface area contributed by atoms with Crippen molar-refractivity contribution in [1.29, 1.82) is 0 Å². The number of hydrogen-bond donors (Lipinski definition) is 0. The van der Waals surface area contributed by atoms with E-state index in [9.17, 15) is 9.59 Å². The lowest BCUT2D eigenvalue weighted by Gasteiger charge is -2.66. The van der Waals surface area contributed by atoms with Gasteiger partial charge in [0.25, 0.3) is 0 Å². The largest absolute Gasteiger partial charge is 0.469 e. The van der Waals surface area contributed by atoms with E-state index in [1.54, 1.807) is 0 Å². The average Bonchev–Trinajstić information content (AvgIpc) is 3.25. The fraction of sp³-hybridized carbons (Fsp3) is 0.846. The van der Waals surface area contributed by atoms with Crippen LogP contribution >= 0.6 is 0 Å². The number of fused-ring (bicyclic) bond motifs is 1. The highest BCUT2D eigenvalue weighted by molar-refractivity contribution is 5.88. The van der Waals surface area contributed by atoms with E-state index in [1.165, 1.54) is 26.4 Å². The Kier molecular flexibility index (Phi) is 4.21. The van der Waals surface area contributed by atoms with Crippen molar-refractivity contribution in [3.8, 4) is 0 Å². The van der Waals surface area contributed by atoms with Crippen molar-refractivity contribution in [3.05, 3.63) is 11.6 Å². The predicted molar refractivity (Wildman–Crippen MR) is 114 cm³/mol. The first-order chi connectivity index (χ1) is 14.1. The Bertz CT molecular complexity index is 831. The molecule has 6 fully saturated rings. The molecule has 4 heteroatoms. The number of rotatable bonds is 3. The van der Waals surface area contributed by atoms with E-state index in [4.69, 9.17) is 9.47 Å². The first-order valence-electron chi connectivity index (χ1n) is 12.0. The highest BCUT2D eigenvalue weighted by Gasteiger charge is 2.84. The predicted octanol–water partition coefficient (Wildman–Crippen LogP) is 5.31. The SMILES string of the molecule is C/C=C(/C)C(=O)O[C@@H]1[C@@]23CC[C@H]4[C@@](C)(CCC[C@@]4(C)C(=O)OC)[C@@H]2C[C@@H]2[C@H](C3)[C@@]21C. The minimum absolute atomic E-state index is 0.0281. The molecule has 1 spiro atoms. The fourth-order valence-electron chi connectivity index (χ4n) is 9.61. The maximum absolute atomic E-state index is 12.9. The summed E-state index contributed by atoms with van der Waals surface area (Å²) in [6, 6.07) is 0. The zero-order chi connectivity index (χ0) is 21.7. The van der Waals surface area contributed by atoms with Gasteiger partial charge in [-0.25, -0.2) is 4.79 Å². The van der Waals surface area contributed by atoms with Crippen LogP contribution in [0.4, 0.5) is 0 Å². The second kappa shape index (κ2) is 6.13.